The molecule has 11 nitrogen and oxygen atoms in total. The standard InChI is InChI=1S/C30H31N5O6S2/c1-38-20-12-16(13-21(39-2)26(20)40-3)24-18(14-31)27(33)35-28(19(24)15-32)42-11-10-23(36)34-29-25(30(37)41-4)17-8-6-5-7-9-22(17)43-29/h12-13H,5-11H2,1-4H3,(H2,33,35)(H,34,36). The maximum atomic E-state index is 13.0. The zero-order valence-electron chi connectivity index (χ0n) is 24.3. The minimum Gasteiger partial charge on any atom is -0.493 e. The van der Waals surface area contributed by atoms with Crippen LogP contribution in [-0.4, -0.2) is 51.1 Å². The largest absolute Gasteiger partial charge is 0.493 e. The lowest BCUT2D eigenvalue weighted by molar-refractivity contribution is -0.115. The van der Waals surface area contributed by atoms with Crippen molar-refractivity contribution in [3.05, 3.63) is 39.3 Å². The molecule has 2 aromatic heterocycles. The highest BCUT2D eigenvalue weighted by atomic mass is 32.2. The number of fused-ring (bicyclic) bond motifs is 1. The van der Waals surface area contributed by atoms with Crippen LogP contribution in [0.3, 0.4) is 0 Å². The fourth-order valence-corrected chi connectivity index (χ4v) is 7.22. The molecule has 3 N–H and O–H groups in total. The number of carbonyl (C=O) groups excluding carboxylic acids is 2. The number of rotatable bonds is 10. The van der Waals surface area contributed by atoms with Gasteiger partial charge in [-0.05, 0) is 48.9 Å². The number of hydrogen-bond donors (Lipinski definition) is 2. The molecule has 224 valence electrons. The minimum absolute atomic E-state index is 0.0284. The number of amides is 1. The van der Waals surface area contributed by atoms with Crippen molar-refractivity contribution in [2.45, 2.75) is 43.6 Å². The highest BCUT2D eigenvalue weighted by Crippen LogP contribution is 2.44. The fraction of sp³-hybridized carbons (Fsp3) is 0.367. The number of aryl methyl sites for hydroxylation is 1. The maximum Gasteiger partial charge on any atom is 0.341 e. The lowest BCUT2D eigenvalue weighted by atomic mass is 9.96. The number of aromatic nitrogens is 1. The molecule has 3 aromatic rings. The normalized spacial score (nSPS) is 12.2. The predicted octanol–water partition coefficient (Wildman–Crippen LogP) is 5.34. The number of methoxy groups -OCH3 is 4. The molecule has 2 heterocycles. The summed E-state index contributed by atoms with van der Waals surface area (Å²) in [5.74, 6) is 0.474. The Morgan fingerprint density at radius 2 is 1.70 bits per heavy atom. The molecule has 4 rings (SSSR count). The minimum atomic E-state index is -0.459. The first-order valence-electron chi connectivity index (χ1n) is 13.4. The number of anilines is 2. The molecule has 43 heavy (non-hydrogen) atoms. The summed E-state index contributed by atoms with van der Waals surface area (Å²) in [5.41, 5.74) is 8.45. The van der Waals surface area contributed by atoms with Crippen LogP contribution < -0.4 is 25.3 Å². The molecule has 0 atom stereocenters. The summed E-state index contributed by atoms with van der Waals surface area (Å²) in [6, 6.07) is 7.46. The Balaban J connectivity index is 1.60. The summed E-state index contributed by atoms with van der Waals surface area (Å²) in [6.45, 7) is 0. The molecule has 0 fully saturated rings. The van der Waals surface area contributed by atoms with Crippen LogP contribution in [0, 0.1) is 22.7 Å². The number of carbonyl (C=O) groups is 2. The summed E-state index contributed by atoms with van der Waals surface area (Å²) in [7, 11) is 5.74. The van der Waals surface area contributed by atoms with E-state index in [0.29, 0.717) is 33.4 Å². The van der Waals surface area contributed by atoms with Crippen molar-refractivity contribution < 1.29 is 28.5 Å². The Hall–Kier alpha value is -4.46. The molecular weight excluding hydrogens is 590 g/mol. The smallest absolute Gasteiger partial charge is 0.341 e. The first-order valence-corrected chi connectivity index (χ1v) is 15.2. The number of pyridine rings is 1. The number of benzene rings is 1. The van der Waals surface area contributed by atoms with Crippen molar-refractivity contribution in [3.63, 3.8) is 0 Å². The average molecular weight is 622 g/mol. The van der Waals surface area contributed by atoms with Gasteiger partial charge in [0.1, 0.15) is 33.5 Å². The van der Waals surface area contributed by atoms with E-state index < -0.39 is 5.97 Å². The summed E-state index contributed by atoms with van der Waals surface area (Å²) in [4.78, 5) is 31.0. The number of nitriles is 2. The van der Waals surface area contributed by atoms with Crippen LogP contribution in [0.5, 0.6) is 17.2 Å². The van der Waals surface area contributed by atoms with Gasteiger partial charge in [-0.15, -0.1) is 23.1 Å². The van der Waals surface area contributed by atoms with Gasteiger partial charge in [-0.1, -0.05) is 6.42 Å². The number of thiophene rings is 1. The Bertz CT molecular complexity index is 1610. The van der Waals surface area contributed by atoms with Crippen molar-refractivity contribution in [2.24, 2.45) is 0 Å². The second kappa shape index (κ2) is 14.1. The third-order valence-electron chi connectivity index (χ3n) is 7.00. The van der Waals surface area contributed by atoms with Gasteiger partial charge in [0.15, 0.2) is 11.5 Å². The van der Waals surface area contributed by atoms with Crippen LogP contribution >= 0.6 is 23.1 Å². The van der Waals surface area contributed by atoms with Crippen LogP contribution in [0.25, 0.3) is 11.1 Å². The van der Waals surface area contributed by atoms with Gasteiger partial charge in [0.25, 0.3) is 0 Å². The summed E-state index contributed by atoms with van der Waals surface area (Å²) in [5, 5.41) is 23.7. The maximum absolute atomic E-state index is 13.0. The average Bonchev–Trinajstić information content (AvgIpc) is 3.18. The van der Waals surface area contributed by atoms with E-state index >= 15 is 0 Å². The molecule has 1 aliphatic rings. The Morgan fingerprint density at radius 3 is 2.30 bits per heavy atom. The predicted molar refractivity (Wildman–Crippen MR) is 164 cm³/mol. The first-order chi connectivity index (χ1) is 20.8. The summed E-state index contributed by atoms with van der Waals surface area (Å²) < 4.78 is 21.3. The van der Waals surface area contributed by atoms with E-state index in [2.05, 4.69) is 22.4 Å². The highest BCUT2D eigenvalue weighted by molar-refractivity contribution is 7.99. The summed E-state index contributed by atoms with van der Waals surface area (Å²) in [6.07, 6.45) is 4.84. The molecule has 0 radical (unpaired) electrons. The van der Waals surface area contributed by atoms with Crippen molar-refractivity contribution in [1.82, 2.24) is 4.98 Å². The number of nitrogens with two attached hydrogens (primary N) is 1. The molecule has 1 aromatic carbocycles. The molecular formula is C30H31N5O6S2. The molecule has 0 saturated heterocycles. The second-order valence-corrected chi connectivity index (χ2v) is 11.7. The molecule has 0 unspecified atom stereocenters. The van der Waals surface area contributed by atoms with Crippen LogP contribution in [0.4, 0.5) is 10.8 Å². The van der Waals surface area contributed by atoms with Crippen LogP contribution in [0.15, 0.2) is 17.2 Å². The Morgan fingerprint density at radius 1 is 1.02 bits per heavy atom. The Kier molecular flexibility index (Phi) is 10.3. The number of nitrogen functional groups attached to an aromatic ring is 1. The van der Waals surface area contributed by atoms with E-state index in [1.54, 1.807) is 12.1 Å². The van der Waals surface area contributed by atoms with Crippen molar-refractivity contribution in [1.29, 1.82) is 10.5 Å². The van der Waals surface area contributed by atoms with Gasteiger partial charge >= 0.3 is 5.97 Å². The molecule has 1 aliphatic carbocycles. The number of esters is 1. The molecule has 0 bridgehead atoms. The van der Waals surface area contributed by atoms with E-state index in [4.69, 9.17) is 24.7 Å². The van der Waals surface area contributed by atoms with E-state index in [1.807, 2.05) is 0 Å². The van der Waals surface area contributed by atoms with Gasteiger partial charge in [-0.2, -0.15) is 10.5 Å². The van der Waals surface area contributed by atoms with Crippen LogP contribution in [0.1, 0.15) is 57.6 Å². The van der Waals surface area contributed by atoms with Gasteiger partial charge in [0, 0.05) is 22.6 Å². The van der Waals surface area contributed by atoms with E-state index in [1.165, 1.54) is 51.5 Å². The summed E-state index contributed by atoms with van der Waals surface area (Å²) >= 11 is 2.59. The number of nitrogens with zero attached hydrogens (tertiary/aromatic N) is 3. The number of hydrogen-bond acceptors (Lipinski definition) is 12. The second-order valence-electron chi connectivity index (χ2n) is 9.47. The van der Waals surface area contributed by atoms with Crippen LogP contribution in [0.2, 0.25) is 0 Å². The topological polar surface area (TPSA) is 170 Å². The zero-order chi connectivity index (χ0) is 31.1. The van der Waals surface area contributed by atoms with Crippen molar-refractivity contribution >= 4 is 45.8 Å². The first kappa shape index (κ1) is 31.5. The van der Waals surface area contributed by atoms with Crippen molar-refractivity contribution in [3.8, 4) is 40.5 Å². The lowest BCUT2D eigenvalue weighted by Crippen LogP contribution is -2.15. The van der Waals surface area contributed by atoms with Crippen molar-refractivity contribution in [2.75, 3.05) is 45.2 Å². The fourth-order valence-electron chi connectivity index (χ4n) is 4.99. The third-order valence-corrected chi connectivity index (χ3v) is 9.19. The highest BCUT2D eigenvalue weighted by Gasteiger charge is 2.27. The number of nitrogens with one attached hydrogen (secondary N) is 1. The van der Waals surface area contributed by atoms with Gasteiger partial charge in [-0.25, -0.2) is 9.78 Å². The van der Waals surface area contributed by atoms with Gasteiger partial charge in [0.2, 0.25) is 11.7 Å². The molecule has 0 aliphatic heterocycles. The van der Waals surface area contributed by atoms with Gasteiger partial charge in [-0.3, -0.25) is 4.79 Å². The molecule has 1 amide bonds. The number of ether oxygens (including phenoxy) is 4. The van der Waals surface area contributed by atoms with Gasteiger partial charge < -0.3 is 30.0 Å². The monoisotopic (exact) mass is 621 g/mol. The SMILES string of the molecule is COC(=O)c1c(NC(=O)CCSc2nc(N)c(C#N)c(-c3cc(OC)c(OC)c(OC)c3)c2C#N)sc2c1CCCCC2. The molecule has 13 heteroatoms. The Labute approximate surface area is 257 Å². The van der Waals surface area contributed by atoms with E-state index in [9.17, 15) is 20.1 Å². The third kappa shape index (κ3) is 6.48. The zero-order valence-corrected chi connectivity index (χ0v) is 25.9. The van der Waals surface area contributed by atoms with Gasteiger partial charge in [0.05, 0.1) is 39.6 Å². The molecule has 0 spiro atoms. The molecule has 0 saturated carbocycles. The number of thioether (sulfide) groups is 1. The van der Waals surface area contributed by atoms with Crippen LogP contribution in [-0.2, 0) is 22.4 Å². The van der Waals surface area contributed by atoms with E-state index in [0.717, 1.165) is 42.5 Å². The van der Waals surface area contributed by atoms with E-state index in [-0.39, 0.29) is 45.6 Å². The quantitative estimate of drug-likeness (QED) is 0.170. The lowest BCUT2D eigenvalue weighted by Gasteiger charge is -2.17.